The molecule has 0 atom stereocenters. The molecule has 2 heterocycles. The highest BCUT2D eigenvalue weighted by molar-refractivity contribution is 7.73. The molecule has 0 unspecified atom stereocenters. The quantitative estimate of drug-likeness (QED) is 0.815. The van der Waals surface area contributed by atoms with E-state index in [2.05, 4.69) is 20.5 Å². The number of hydrogen-bond acceptors (Lipinski definition) is 6. The lowest BCUT2D eigenvalue weighted by atomic mass is 10.4. The fraction of sp³-hybridized carbons (Fsp3) is 0.286. The molecule has 0 spiro atoms. The monoisotopic (exact) mass is 244 g/mol. The molecule has 0 radical (unpaired) electrons. The van der Waals surface area contributed by atoms with Crippen molar-refractivity contribution in [3.63, 3.8) is 0 Å². The molecule has 2 aromatic heterocycles. The van der Waals surface area contributed by atoms with Gasteiger partial charge in [-0.2, -0.15) is 0 Å². The highest BCUT2D eigenvalue weighted by Crippen LogP contribution is 2.16. The van der Waals surface area contributed by atoms with Gasteiger partial charge in [0.25, 0.3) is 0 Å². The van der Waals surface area contributed by atoms with Crippen LogP contribution < -0.4 is 5.32 Å². The first kappa shape index (κ1) is 9.75. The summed E-state index contributed by atoms with van der Waals surface area (Å²) in [5, 5.41) is 10.7. The molecule has 2 aromatic rings. The number of H-pyrrole nitrogens is 1. The summed E-state index contributed by atoms with van der Waals surface area (Å²) in [5.41, 5.74) is 2.92. The minimum Gasteiger partial charge on any atom is -0.355 e. The van der Waals surface area contributed by atoms with Crippen molar-refractivity contribution in [2.45, 2.75) is 13.5 Å². The van der Waals surface area contributed by atoms with Gasteiger partial charge in [0.2, 0.25) is 5.13 Å². The van der Waals surface area contributed by atoms with Crippen molar-refractivity contribution >= 4 is 40.0 Å². The molecule has 0 amide bonds. The second-order valence-electron chi connectivity index (χ2n) is 2.63. The van der Waals surface area contributed by atoms with Crippen LogP contribution in [0.2, 0.25) is 0 Å². The molecule has 0 aliphatic carbocycles. The van der Waals surface area contributed by atoms with Crippen LogP contribution in [0, 0.1) is 10.9 Å². The van der Waals surface area contributed by atoms with Crippen LogP contribution in [0.3, 0.4) is 0 Å². The maximum absolute atomic E-state index is 4.92. The van der Waals surface area contributed by atoms with Gasteiger partial charge in [-0.15, -0.1) is 16.4 Å². The molecule has 2 N–H and O–H groups in total. The standard InChI is InChI=1S/C7H8N4S3/c1-4-5(13-3-9-4)2-8-6-10-11-7(12)14-6/h3H,2H2,1H3,(H,8,10)(H,11,12). The smallest absolute Gasteiger partial charge is 0.204 e. The molecule has 0 bridgehead atoms. The Morgan fingerprint density at radius 2 is 2.50 bits per heavy atom. The zero-order valence-corrected chi connectivity index (χ0v) is 9.85. The first-order valence-corrected chi connectivity index (χ1v) is 6.04. The van der Waals surface area contributed by atoms with Gasteiger partial charge in [-0.3, -0.25) is 5.10 Å². The van der Waals surface area contributed by atoms with Gasteiger partial charge < -0.3 is 5.32 Å². The van der Waals surface area contributed by atoms with Crippen LogP contribution in [0.15, 0.2) is 5.51 Å². The summed E-state index contributed by atoms with van der Waals surface area (Å²) in [5.74, 6) is 0. The minimum absolute atomic E-state index is 0.688. The van der Waals surface area contributed by atoms with Gasteiger partial charge in [0.05, 0.1) is 17.7 Å². The number of aromatic nitrogens is 3. The summed E-state index contributed by atoms with van der Waals surface area (Å²) in [4.78, 5) is 5.40. The van der Waals surface area contributed by atoms with Crippen LogP contribution in [0.25, 0.3) is 0 Å². The van der Waals surface area contributed by atoms with E-state index >= 15 is 0 Å². The molecule has 0 aliphatic rings. The molecule has 0 aliphatic heterocycles. The Labute approximate surface area is 94.0 Å². The largest absolute Gasteiger partial charge is 0.355 e. The van der Waals surface area contributed by atoms with Gasteiger partial charge >= 0.3 is 0 Å². The van der Waals surface area contributed by atoms with Crippen molar-refractivity contribution in [3.05, 3.63) is 20.0 Å². The molecule has 0 saturated carbocycles. The topological polar surface area (TPSA) is 53.6 Å². The third-order valence-electron chi connectivity index (χ3n) is 1.68. The summed E-state index contributed by atoms with van der Waals surface area (Å²) in [7, 11) is 0. The number of nitrogens with one attached hydrogen (secondary N) is 2. The van der Waals surface area contributed by atoms with E-state index in [4.69, 9.17) is 12.2 Å². The predicted octanol–water partition coefficient (Wildman–Crippen LogP) is 2.58. The average Bonchev–Trinajstić information content (AvgIpc) is 2.72. The van der Waals surface area contributed by atoms with E-state index in [0.717, 1.165) is 17.4 Å². The Hall–Kier alpha value is -0.790. The van der Waals surface area contributed by atoms with Gasteiger partial charge in [-0.25, -0.2) is 4.98 Å². The summed E-state index contributed by atoms with van der Waals surface area (Å²) in [6, 6.07) is 0. The Kier molecular flexibility index (Phi) is 2.90. The molecule has 7 heteroatoms. The van der Waals surface area contributed by atoms with Crippen molar-refractivity contribution < 1.29 is 0 Å². The second-order valence-corrected chi connectivity index (χ2v) is 5.24. The molecule has 74 valence electrons. The van der Waals surface area contributed by atoms with Crippen LogP contribution in [0.1, 0.15) is 10.6 Å². The highest BCUT2D eigenvalue weighted by atomic mass is 32.1. The van der Waals surface area contributed by atoms with Crippen LogP contribution in [-0.2, 0) is 6.54 Å². The van der Waals surface area contributed by atoms with E-state index in [1.54, 1.807) is 11.3 Å². The molecule has 4 nitrogen and oxygen atoms in total. The van der Waals surface area contributed by atoms with E-state index in [1.807, 2.05) is 12.4 Å². The molecular weight excluding hydrogens is 236 g/mol. The third kappa shape index (κ3) is 2.17. The fourth-order valence-electron chi connectivity index (χ4n) is 0.957. The fourth-order valence-corrected chi connectivity index (χ4v) is 2.46. The molecule has 2 rings (SSSR count). The number of nitrogens with zero attached hydrogens (tertiary/aromatic N) is 2. The van der Waals surface area contributed by atoms with Crippen molar-refractivity contribution in [2.24, 2.45) is 0 Å². The summed E-state index contributed by atoms with van der Waals surface area (Å²) >= 11 is 8.00. The summed E-state index contributed by atoms with van der Waals surface area (Å²) < 4.78 is 0.688. The van der Waals surface area contributed by atoms with Crippen LogP contribution >= 0.6 is 34.9 Å². The highest BCUT2D eigenvalue weighted by Gasteiger charge is 2.02. The maximum Gasteiger partial charge on any atom is 0.204 e. The lowest BCUT2D eigenvalue weighted by Gasteiger charge is -1.98. The van der Waals surface area contributed by atoms with E-state index in [1.165, 1.54) is 16.2 Å². The number of rotatable bonds is 3. The Morgan fingerprint density at radius 3 is 3.07 bits per heavy atom. The van der Waals surface area contributed by atoms with Gasteiger partial charge in [-0.1, -0.05) is 11.3 Å². The number of aromatic amines is 1. The van der Waals surface area contributed by atoms with Gasteiger partial charge in [0.15, 0.2) is 3.95 Å². The van der Waals surface area contributed by atoms with Gasteiger partial charge in [0, 0.05) is 4.88 Å². The maximum atomic E-state index is 4.92. The Bertz CT molecular complexity index is 469. The predicted molar refractivity (Wildman–Crippen MR) is 61.5 cm³/mol. The average molecular weight is 244 g/mol. The zero-order valence-electron chi connectivity index (χ0n) is 7.40. The van der Waals surface area contributed by atoms with Crippen molar-refractivity contribution in [3.8, 4) is 0 Å². The molecule has 0 fully saturated rings. The van der Waals surface area contributed by atoms with Crippen molar-refractivity contribution in [2.75, 3.05) is 5.32 Å². The zero-order chi connectivity index (χ0) is 9.97. The van der Waals surface area contributed by atoms with Crippen LogP contribution in [0.5, 0.6) is 0 Å². The number of hydrogen-bond donors (Lipinski definition) is 2. The SMILES string of the molecule is Cc1ncsc1CNc1n[nH]c(=S)s1. The first-order valence-electron chi connectivity index (χ1n) is 3.94. The molecular formula is C7H8N4S3. The molecule has 0 saturated heterocycles. The van der Waals surface area contributed by atoms with Crippen molar-refractivity contribution in [1.29, 1.82) is 0 Å². The number of anilines is 1. The van der Waals surface area contributed by atoms with E-state index < -0.39 is 0 Å². The number of aryl methyl sites for hydroxylation is 1. The Balaban J connectivity index is 2.01. The van der Waals surface area contributed by atoms with E-state index in [9.17, 15) is 0 Å². The van der Waals surface area contributed by atoms with Crippen molar-refractivity contribution in [1.82, 2.24) is 15.2 Å². The molecule has 0 aromatic carbocycles. The minimum atomic E-state index is 0.688. The second kappa shape index (κ2) is 4.16. The van der Waals surface area contributed by atoms with E-state index in [0.29, 0.717) is 3.95 Å². The Morgan fingerprint density at radius 1 is 1.64 bits per heavy atom. The third-order valence-corrected chi connectivity index (χ3v) is 3.67. The van der Waals surface area contributed by atoms with Crippen LogP contribution in [0.4, 0.5) is 5.13 Å². The lowest BCUT2D eigenvalue weighted by molar-refractivity contribution is 1.04. The van der Waals surface area contributed by atoms with Gasteiger partial charge in [-0.05, 0) is 19.1 Å². The van der Waals surface area contributed by atoms with Crippen LogP contribution in [-0.4, -0.2) is 15.2 Å². The number of thiazole rings is 1. The lowest BCUT2D eigenvalue weighted by Crippen LogP contribution is -1.98. The normalized spacial score (nSPS) is 10.4. The first-order chi connectivity index (χ1) is 6.75. The molecule has 14 heavy (non-hydrogen) atoms. The summed E-state index contributed by atoms with van der Waals surface area (Å²) in [6.07, 6.45) is 0. The summed E-state index contributed by atoms with van der Waals surface area (Å²) in [6.45, 7) is 2.76. The van der Waals surface area contributed by atoms with E-state index in [-0.39, 0.29) is 0 Å². The van der Waals surface area contributed by atoms with Gasteiger partial charge in [0.1, 0.15) is 0 Å².